The minimum absolute atomic E-state index is 0.0221. The van der Waals surface area contributed by atoms with Gasteiger partial charge in [0.15, 0.2) is 11.5 Å². The van der Waals surface area contributed by atoms with Crippen molar-refractivity contribution in [1.29, 1.82) is 0 Å². The first-order valence-corrected chi connectivity index (χ1v) is 6.81. The van der Waals surface area contributed by atoms with E-state index in [2.05, 4.69) is 10.2 Å². The van der Waals surface area contributed by atoms with Crippen molar-refractivity contribution in [2.45, 2.75) is 24.8 Å². The van der Waals surface area contributed by atoms with Gasteiger partial charge in [-0.25, -0.2) is 0 Å². The van der Waals surface area contributed by atoms with Gasteiger partial charge < -0.3 is 20.1 Å². The van der Waals surface area contributed by atoms with Gasteiger partial charge in [-0.15, -0.1) is 0 Å². The lowest BCUT2D eigenvalue weighted by atomic mass is 9.75. The Kier molecular flexibility index (Phi) is 4.18. The van der Waals surface area contributed by atoms with Crippen molar-refractivity contribution in [3.8, 4) is 11.5 Å². The van der Waals surface area contributed by atoms with E-state index in [0.29, 0.717) is 17.9 Å². The summed E-state index contributed by atoms with van der Waals surface area (Å²) in [5.74, 6) is 0.174. The van der Waals surface area contributed by atoms with Crippen molar-refractivity contribution < 1.29 is 14.6 Å². The third-order valence-electron chi connectivity index (χ3n) is 4.25. The Morgan fingerprint density at radius 2 is 2.15 bits per heavy atom. The van der Waals surface area contributed by atoms with Crippen LogP contribution in [0.1, 0.15) is 29.6 Å². The monoisotopic (exact) mass is 278 g/mol. The normalized spacial score (nSPS) is 16.6. The molecule has 0 aliphatic heterocycles. The Balaban J connectivity index is 2.00. The zero-order chi connectivity index (χ0) is 14.8. The van der Waals surface area contributed by atoms with Crippen LogP contribution in [0.4, 0.5) is 0 Å². The third-order valence-corrected chi connectivity index (χ3v) is 4.25. The van der Waals surface area contributed by atoms with Crippen LogP contribution >= 0.6 is 0 Å². The maximum Gasteiger partial charge on any atom is 0.251 e. The molecule has 0 heterocycles. The minimum Gasteiger partial charge on any atom is -0.504 e. The molecule has 1 fully saturated rings. The molecule has 5 nitrogen and oxygen atoms in total. The van der Waals surface area contributed by atoms with Crippen molar-refractivity contribution in [2.75, 3.05) is 27.7 Å². The molecular weight excluding hydrogens is 256 g/mol. The first kappa shape index (κ1) is 14.7. The molecule has 20 heavy (non-hydrogen) atoms. The Morgan fingerprint density at radius 3 is 2.60 bits per heavy atom. The molecule has 0 radical (unpaired) electrons. The van der Waals surface area contributed by atoms with E-state index in [1.807, 2.05) is 14.1 Å². The second-order valence-corrected chi connectivity index (χ2v) is 5.54. The van der Waals surface area contributed by atoms with Crippen molar-refractivity contribution in [1.82, 2.24) is 10.2 Å². The Morgan fingerprint density at radius 1 is 1.45 bits per heavy atom. The fourth-order valence-electron chi connectivity index (χ4n) is 2.55. The molecule has 0 aromatic heterocycles. The summed E-state index contributed by atoms with van der Waals surface area (Å²) in [6.45, 7) is 0.631. The Labute approximate surface area is 119 Å². The van der Waals surface area contributed by atoms with Crippen LogP contribution in [0.15, 0.2) is 18.2 Å². The van der Waals surface area contributed by atoms with Crippen LogP contribution in [-0.2, 0) is 0 Å². The standard InChI is InChI=1S/C15H22N2O3/c1-17(2)15(7-4-8-15)10-16-14(19)11-5-6-13(20-3)12(18)9-11/h5-6,9,18H,4,7-8,10H2,1-3H3,(H,16,19). The predicted molar refractivity (Wildman–Crippen MR) is 77.3 cm³/mol. The lowest BCUT2D eigenvalue weighted by Gasteiger charge is -2.47. The minimum atomic E-state index is -0.170. The van der Waals surface area contributed by atoms with Crippen LogP contribution in [0.5, 0.6) is 11.5 Å². The van der Waals surface area contributed by atoms with Crippen molar-refractivity contribution in [2.24, 2.45) is 0 Å². The number of phenols is 1. The maximum atomic E-state index is 12.1. The van der Waals surface area contributed by atoms with Gasteiger partial charge in [0.05, 0.1) is 7.11 Å². The van der Waals surface area contributed by atoms with Gasteiger partial charge in [-0.1, -0.05) is 0 Å². The molecule has 2 rings (SSSR count). The van der Waals surface area contributed by atoms with Gasteiger partial charge >= 0.3 is 0 Å². The summed E-state index contributed by atoms with van der Waals surface area (Å²) in [5, 5.41) is 12.7. The fourth-order valence-corrected chi connectivity index (χ4v) is 2.55. The van der Waals surface area contributed by atoms with Crippen molar-refractivity contribution >= 4 is 5.91 Å². The molecule has 0 bridgehead atoms. The van der Waals surface area contributed by atoms with Gasteiger partial charge in [0, 0.05) is 17.6 Å². The molecule has 110 valence electrons. The van der Waals surface area contributed by atoms with Crippen LogP contribution in [0.25, 0.3) is 0 Å². The van der Waals surface area contributed by atoms with E-state index < -0.39 is 0 Å². The number of phenolic OH excluding ortho intramolecular Hbond substituents is 1. The second kappa shape index (κ2) is 5.71. The molecule has 1 aromatic rings. The molecule has 0 saturated heterocycles. The number of benzene rings is 1. The Bertz CT molecular complexity index is 496. The zero-order valence-corrected chi connectivity index (χ0v) is 12.3. The Hall–Kier alpha value is -1.75. The summed E-state index contributed by atoms with van der Waals surface area (Å²) in [7, 11) is 5.57. The fraction of sp³-hybridized carbons (Fsp3) is 0.533. The molecular formula is C15H22N2O3. The highest BCUT2D eigenvalue weighted by Crippen LogP contribution is 2.35. The molecule has 0 atom stereocenters. The summed E-state index contributed by atoms with van der Waals surface area (Å²) in [6.07, 6.45) is 3.42. The van der Waals surface area contributed by atoms with E-state index in [9.17, 15) is 9.90 Å². The van der Waals surface area contributed by atoms with Crippen LogP contribution in [0.2, 0.25) is 0 Å². The largest absolute Gasteiger partial charge is 0.504 e. The van der Waals surface area contributed by atoms with Gasteiger partial charge in [0.1, 0.15) is 0 Å². The molecule has 0 unspecified atom stereocenters. The number of hydrogen-bond donors (Lipinski definition) is 2. The number of amides is 1. The summed E-state index contributed by atoms with van der Waals surface area (Å²) in [6, 6.07) is 4.67. The summed E-state index contributed by atoms with van der Waals surface area (Å²) >= 11 is 0. The van der Waals surface area contributed by atoms with Crippen LogP contribution in [0, 0.1) is 0 Å². The number of nitrogens with one attached hydrogen (secondary N) is 1. The van der Waals surface area contributed by atoms with Gasteiger partial charge in [0.2, 0.25) is 0 Å². The highest BCUT2D eigenvalue weighted by atomic mass is 16.5. The zero-order valence-electron chi connectivity index (χ0n) is 12.3. The molecule has 0 spiro atoms. The molecule has 1 aliphatic rings. The van der Waals surface area contributed by atoms with E-state index in [0.717, 1.165) is 12.8 Å². The van der Waals surface area contributed by atoms with E-state index in [1.54, 1.807) is 12.1 Å². The number of likely N-dealkylation sites (N-methyl/N-ethyl adjacent to an activating group) is 1. The number of carbonyl (C=O) groups is 1. The first-order valence-electron chi connectivity index (χ1n) is 6.81. The van der Waals surface area contributed by atoms with Crippen molar-refractivity contribution in [3.63, 3.8) is 0 Å². The SMILES string of the molecule is COc1ccc(C(=O)NCC2(N(C)C)CCC2)cc1O. The molecule has 5 heteroatoms. The van der Waals surface area contributed by atoms with Crippen molar-refractivity contribution in [3.05, 3.63) is 23.8 Å². The number of nitrogens with zero attached hydrogens (tertiary/aromatic N) is 1. The number of methoxy groups -OCH3 is 1. The van der Waals surface area contributed by atoms with Gasteiger partial charge in [-0.2, -0.15) is 0 Å². The van der Waals surface area contributed by atoms with E-state index in [1.165, 1.54) is 19.6 Å². The number of hydrogen-bond acceptors (Lipinski definition) is 4. The first-order chi connectivity index (χ1) is 9.48. The number of carbonyl (C=O) groups excluding carboxylic acids is 1. The van der Waals surface area contributed by atoms with Gasteiger partial charge in [-0.3, -0.25) is 4.79 Å². The van der Waals surface area contributed by atoms with Crippen LogP contribution in [-0.4, -0.2) is 49.2 Å². The molecule has 2 N–H and O–H groups in total. The van der Waals surface area contributed by atoms with Gasteiger partial charge in [0.25, 0.3) is 5.91 Å². The number of aromatic hydroxyl groups is 1. The summed E-state index contributed by atoms with van der Waals surface area (Å²) in [5.41, 5.74) is 0.529. The smallest absolute Gasteiger partial charge is 0.251 e. The maximum absolute atomic E-state index is 12.1. The average Bonchev–Trinajstić information content (AvgIpc) is 2.36. The van der Waals surface area contributed by atoms with E-state index in [-0.39, 0.29) is 17.2 Å². The lowest BCUT2D eigenvalue weighted by Crippen LogP contribution is -2.57. The third kappa shape index (κ3) is 2.72. The second-order valence-electron chi connectivity index (χ2n) is 5.54. The quantitative estimate of drug-likeness (QED) is 0.859. The van der Waals surface area contributed by atoms with Crippen LogP contribution < -0.4 is 10.1 Å². The molecule has 1 saturated carbocycles. The highest BCUT2D eigenvalue weighted by Gasteiger charge is 2.39. The van der Waals surface area contributed by atoms with Gasteiger partial charge in [-0.05, 0) is 51.6 Å². The molecule has 1 aromatic carbocycles. The van der Waals surface area contributed by atoms with E-state index in [4.69, 9.17) is 4.74 Å². The summed E-state index contributed by atoms with van der Waals surface area (Å²) in [4.78, 5) is 14.3. The molecule has 1 aliphatic carbocycles. The predicted octanol–water partition coefficient (Wildman–Crippen LogP) is 1.61. The highest BCUT2D eigenvalue weighted by molar-refractivity contribution is 5.94. The summed E-state index contributed by atoms with van der Waals surface area (Å²) < 4.78 is 4.96. The topological polar surface area (TPSA) is 61.8 Å². The van der Waals surface area contributed by atoms with Crippen LogP contribution in [0.3, 0.4) is 0 Å². The average molecular weight is 278 g/mol. The molecule has 1 amide bonds. The number of ether oxygens (including phenoxy) is 1. The number of rotatable bonds is 5. The lowest BCUT2D eigenvalue weighted by molar-refractivity contribution is 0.0557. The van der Waals surface area contributed by atoms with E-state index >= 15 is 0 Å².